The lowest BCUT2D eigenvalue weighted by Crippen LogP contribution is -2.39. The Kier molecular flexibility index (Phi) is 8.64. The predicted octanol–water partition coefficient (Wildman–Crippen LogP) is 7.55. The van der Waals surface area contributed by atoms with Gasteiger partial charge in [-0.2, -0.15) is 0 Å². The van der Waals surface area contributed by atoms with Crippen molar-refractivity contribution in [3.05, 3.63) is 58.1 Å². The van der Waals surface area contributed by atoms with E-state index in [-0.39, 0.29) is 11.7 Å². The number of nitrogens with zero attached hydrogens (tertiary/aromatic N) is 1. The molecule has 4 heteroatoms. The number of benzene rings is 2. The minimum absolute atomic E-state index is 0.0958. The molecule has 4 rings (SSSR count). The molecule has 3 nitrogen and oxygen atoms in total. The Hall–Kier alpha value is -2.00. The summed E-state index contributed by atoms with van der Waals surface area (Å²) in [5.74, 6) is 2.72. The Labute approximate surface area is 199 Å². The Morgan fingerprint density at radius 3 is 2.56 bits per heavy atom. The van der Waals surface area contributed by atoms with Gasteiger partial charge in [-0.1, -0.05) is 58.2 Å². The van der Waals surface area contributed by atoms with Crippen molar-refractivity contribution in [3.63, 3.8) is 0 Å². The lowest BCUT2D eigenvalue weighted by molar-refractivity contribution is 0.101. The van der Waals surface area contributed by atoms with Gasteiger partial charge in [-0.05, 0) is 73.1 Å². The molecule has 1 heterocycles. The van der Waals surface area contributed by atoms with Crippen LogP contribution >= 0.6 is 11.6 Å². The number of anilines is 1. The molecule has 1 fully saturated rings. The van der Waals surface area contributed by atoms with Crippen molar-refractivity contribution in [2.45, 2.75) is 66.2 Å². The number of hydrogen-bond donors (Lipinski definition) is 0. The van der Waals surface area contributed by atoms with Crippen molar-refractivity contribution in [1.29, 1.82) is 0 Å². The second-order valence-electron chi connectivity index (χ2n) is 9.06. The fourth-order valence-corrected chi connectivity index (χ4v) is 5.02. The molecule has 0 radical (unpaired) electrons. The zero-order valence-electron chi connectivity index (χ0n) is 20.3. The third kappa shape index (κ3) is 5.49. The molecule has 2 aliphatic rings. The highest BCUT2D eigenvalue weighted by Gasteiger charge is 2.32. The predicted molar refractivity (Wildman–Crippen MR) is 136 cm³/mol. The van der Waals surface area contributed by atoms with Gasteiger partial charge < -0.3 is 9.64 Å². The monoisotopic (exact) mass is 455 g/mol. The standard InChI is InChI=1S/C26H32ClNO2.C2H6/c1-4-5-20-12-23(27)9-10-24(20)22-15-28(14-21-7-6-17(21)2)25-13-19(18(3)29)8-11-26(25)30-16-22;1-2/h8-13,17,21-22H,4-7,14-16H2,1-3H3;1-2H3. The van der Waals surface area contributed by atoms with Gasteiger partial charge in [0.2, 0.25) is 0 Å². The van der Waals surface area contributed by atoms with Crippen LogP contribution in [-0.4, -0.2) is 25.5 Å². The zero-order chi connectivity index (χ0) is 23.3. The molecule has 1 saturated carbocycles. The van der Waals surface area contributed by atoms with E-state index in [0.29, 0.717) is 12.5 Å². The Morgan fingerprint density at radius 2 is 1.94 bits per heavy atom. The molecule has 2 aromatic rings. The van der Waals surface area contributed by atoms with Gasteiger partial charge in [0, 0.05) is 29.6 Å². The molecule has 32 heavy (non-hydrogen) atoms. The summed E-state index contributed by atoms with van der Waals surface area (Å²) in [7, 11) is 0. The van der Waals surface area contributed by atoms with Gasteiger partial charge in [-0.3, -0.25) is 4.79 Å². The van der Waals surface area contributed by atoms with Crippen LogP contribution in [0.15, 0.2) is 36.4 Å². The average Bonchev–Trinajstić information content (AvgIpc) is 2.97. The van der Waals surface area contributed by atoms with Crippen molar-refractivity contribution >= 4 is 23.1 Å². The smallest absolute Gasteiger partial charge is 0.159 e. The van der Waals surface area contributed by atoms with Crippen LogP contribution < -0.4 is 9.64 Å². The number of carbonyl (C=O) groups is 1. The highest BCUT2D eigenvalue weighted by Crippen LogP contribution is 2.40. The fourth-order valence-electron chi connectivity index (χ4n) is 4.82. The lowest BCUT2D eigenvalue weighted by Gasteiger charge is -2.39. The molecule has 1 aliphatic heterocycles. The van der Waals surface area contributed by atoms with Crippen molar-refractivity contribution in [1.82, 2.24) is 0 Å². The molecule has 0 N–H and O–H groups in total. The van der Waals surface area contributed by atoms with E-state index in [1.807, 2.05) is 38.1 Å². The molecule has 0 saturated heterocycles. The first-order valence-corrected chi connectivity index (χ1v) is 12.6. The molecular formula is C28H38ClNO2. The number of ether oxygens (including phenoxy) is 1. The molecule has 0 spiro atoms. The molecule has 174 valence electrons. The van der Waals surface area contributed by atoms with Gasteiger partial charge in [0.25, 0.3) is 0 Å². The number of fused-ring (bicyclic) bond motifs is 1. The first-order chi connectivity index (χ1) is 15.5. The molecular weight excluding hydrogens is 418 g/mol. The Morgan fingerprint density at radius 1 is 1.16 bits per heavy atom. The van der Waals surface area contributed by atoms with Gasteiger partial charge in [0.05, 0.1) is 12.3 Å². The van der Waals surface area contributed by atoms with Crippen LogP contribution in [0.3, 0.4) is 0 Å². The van der Waals surface area contributed by atoms with E-state index < -0.39 is 0 Å². The lowest BCUT2D eigenvalue weighted by atomic mass is 9.74. The van der Waals surface area contributed by atoms with Gasteiger partial charge >= 0.3 is 0 Å². The summed E-state index contributed by atoms with van der Waals surface area (Å²) < 4.78 is 6.32. The minimum atomic E-state index is 0.0958. The maximum Gasteiger partial charge on any atom is 0.159 e. The molecule has 0 aromatic heterocycles. The summed E-state index contributed by atoms with van der Waals surface area (Å²) in [6.07, 6.45) is 4.71. The molecule has 1 aliphatic carbocycles. The van der Waals surface area contributed by atoms with Crippen LogP contribution in [0.1, 0.15) is 81.3 Å². The Bertz CT molecular complexity index is 926. The summed E-state index contributed by atoms with van der Waals surface area (Å²) in [6, 6.07) is 12.2. The van der Waals surface area contributed by atoms with Crippen molar-refractivity contribution < 1.29 is 9.53 Å². The highest BCUT2D eigenvalue weighted by molar-refractivity contribution is 6.30. The summed E-state index contributed by atoms with van der Waals surface area (Å²) in [4.78, 5) is 14.5. The number of rotatable bonds is 6. The first kappa shape index (κ1) is 24.6. The van der Waals surface area contributed by atoms with Crippen molar-refractivity contribution in [2.75, 3.05) is 24.6 Å². The third-order valence-corrected chi connectivity index (χ3v) is 7.14. The quantitative estimate of drug-likeness (QED) is 0.421. The van der Waals surface area contributed by atoms with Gasteiger partial charge in [-0.15, -0.1) is 0 Å². The van der Waals surface area contributed by atoms with E-state index in [2.05, 4.69) is 30.9 Å². The third-order valence-electron chi connectivity index (χ3n) is 6.90. The molecule has 0 amide bonds. The maximum atomic E-state index is 12.0. The number of carbonyl (C=O) groups excluding carboxylic acids is 1. The summed E-state index contributed by atoms with van der Waals surface area (Å²) in [5, 5.41) is 0.797. The molecule has 2 aromatic carbocycles. The highest BCUT2D eigenvalue weighted by atomic mass is 35.5. The van der Waals surface area contributed by atoms with Crippen LogP contribution in [0, 0.1) is 11.8 Å². The normalized spacial score (nSPS) is 21.9. The number of aryl methyl sites for hydroxylation is 1. The van der Waals surface area contributed by atoms with E-state index in [1.54, 1.807) is 6.92 Å². The van der Waals surface area contributed by atoms with Crippen LogP contribution in [-0.2, 0) is 6.42 Å². The zero-order valence-corrected chi connectivity index (χ0v) is 21.0. The fraction of sp³-hybridized carbons (Fsp3) is 0.536. The van der Waals surface area contributed by atoms with Crippen molar-refractivity contribution in [3.8, 4) is 5.75 Å². The van der Waals surface area contributed by atoms with E-state index in [9.17, 15) is 4.79 Å². The van der Waals surface area contributed by atoms with E-state index >= 15 is 0 Å². The van der Waals surface area contributed by atoms with Crippen LogP contribution in [0.25, 0.3) is 0 Å². The average molecular weight is 456 g/mol. The van der Waals surface area contributed by atoms with Gasteiger partial charge in [0.1, 0.15) is 5.75 Å². The number of Topliss-reactive ketones (excluding diaryl/α,β-unsaturated/α-hetero) is 1. The summed E-state index contributed by atoms with van der Waals surface area (Å²) in [5.41, 5.74) is 4.48. The topological polar surface area (TPSA) is 29.5 Å². The minimum Gasteiger partial charge on any atom is -0.491 e. The molecule has 3 atom stereocenters. The largest absolute Gasteiger partial charge is 0.491 e. The summed E-state index contributed by atoms with van der Waals surface area (Å²) in [6.45, 7) is 12.7. The van der Waals surface area contributed by atoms with Gasteiger partial charge in [-0.25, -0.2) is 0 Å². The maximum absolute atomic E-state index is 12.0. The van der Waals surface area contributed by atoms with Crippen molar-refractivity contribution in [2.24, 2.45) is 11.8 Å². The number of hydrogen-bond acceptors (Lipinski definition) is 3. The molecule has 3 unspecified atom stereocenters. The first-order valence-electron chi connectivity index (χ1n) is 12.3. The van der Waals surface area contributed by atoms with E-state index in [1.165, 1.54) is 24.0 Å². The van der Waals surface area contributed by atoms with Gasteiger partial charge in [0.15, 0.2) is 5.78 Å². The van der Waals surface area contributed by atoms with E-state index in [4.69, 9.17) is 16.3 Å². The van der Waals surface area contributed by atoms with Crippen LogP contribution in [0.5, 0.6) is 5.75 Å². The Balaban J connectivity index is 0.00000141. The molecule has 0 bridgehead atoms. The van der Waals surface area contributed by atoms with Crippen LogP contribution in [0.2, 0.25) is 5.02 Å². The second kappa shape index (κ2) is 11.2. The van der Waals surface area contributed by atoms with Crippen LogP contribution in [0.4, 0.5) is 5.69 Å². The number of ketones is 1. The summed E-state index contributed by atoms with van der Waals surface area (Å²) >= 11 is 6.31. The second-order valence-corrected chi connectivity index (χ2v) is 9.50. The number of halogens is 1. The SMILES string of the molecule is CC.CCCc1cc(Cl)ccc1C1COc2ccc(C(C)=O)cc2N(CC2CCC2C)C1. The van der Waals surface area contributed by atoms with E-state index in [0.717, 1.165) is 53.9 Å².